The van der Waals surface area contributed by atoms with Gasteiger partial charge in [0.15, 0.2) is 11.6 Å². The molecule has 0 unspecified atom stereocenters. The van der Waals surface area contributed by atoms with Crippen molar-refractivity contribution >= 4 is 28.1 Å². The molecule has 0 bridgehead atoms. The molecule has 0 saturated carbocycles. The summed E-state index contributed by atoms with van der Waals surface area (Å²) in [5, 5.41) is 3.17. The van der Waals surface area contributed by atoms with Crippen molar-refractivity contribution in [3.63, 3.8) is 0 Å². The number of rotatable bonds is 2. The zero-order valence-corrected chi connectivity index (χ0v) is 10.6. The average Bonchev–Trinajstić information content (AvgIpc) is 2.45. The SMILES string of the molecule is Nc1ccc2ncnc(Nc3cc(F)c(F)cc3F)c2c1. The van der Waals surface area contributed by atoms with Crippen LogP contribution in [0, 0.1) is 17.5 Å². The number of nitrogens with two attached hydrogens (primary N) is 1. The Kier molecular flexibility index (Phi) is 3.09. The van der Waals surface area contributed by atoms with E-state index in [2.05, 4.69) is 15.3 Å². The number of aromatic nitrogens is 2. The Hall–Kier alpha value is -2.83. The average molecular weight is 290 g/mol. The fourth-order valence-corrected chi connectivity index (χ4v) is 1.92. The number of hydrogen-bond acceptors (Lipinski definition) is 4. The minimum atomic E-state index is -1.25. The first-order chi connectivity index (χ1) is 10.0. The maximum absolute atomic E-state index is 13.7. The molecule has 21 heavy (non-hydrogen) atoms. The molecule has 1 aromatic heterocycles. The molecular formula is C14H9F3N4. The fourth-order valence-electron chi connectivity index (χ4n) is 1.92. The number of fused-ring (bicyclic) bond motifs is 1. The number of nitrogens with zero attached hydrogens (tertiary/aromatic N) is 2. The Morgan fingerprint density at radius 2 is 1.67 bits per heavy atom. The smallest absolute Gasteiger partial charge is 0.161 e. The van der Waals surface area contributed by atoms with E-state index in [0.717, 1.165) is 6.07 Å². The zero-order chi connectivity index (χ0) is 15.0. The predicted octanol–water partition coefficient (Wildman–Crippen LogP) is 3.37. The van der Waals surface area contributed by atoms with E-state index in [4.69, 9.17) is 5.73 Å². The maximum Gasteiger partial charge on any atom is 0.161 e. The molecule has 0 aliphatic rings. The molecule has 106 valence electrons. The minimum Gasteiger partial charge on any atom is -0.399 e. The Morgan fingerprint density at radius 3 is 2.48 bits per heavy atom. The monoisotopic (exact) mass is 290 g/mol. The Labute approximate surface area is 117 Å². The lowest BCUT2D eigenvalue weighted by molar-refractivity contribution is 0.496. The number of nitrogen functional groups attached to an aromatic ring is 1. The fraction of sp³-hybridized carbons (Fsp3) is 0. The van der Waals surface area contributed by atoms with Gasteiger partial charge in [-0.15, -0.1) is 0 Å². The molecule has 3 N–H and O–H groups in total. The van der Waals surface area contributed by atoms with Crippen LogP contribution in [-0.4, -0.2) is 9.97 Å². The second kappa shape index (κ2) is 4.93. The maximum atomic E-state index is 13.7. The molecule has 7 heteroatoms. The molecule has 0 aliphatic heterocycles. The summed E-state index contributed by atoms with van der Waals surface area (Å²) in [6.07, 6.45) is 1.28. The molecule has 0 fully saturated rings. The molecule has 0 saturated heterocycles. The summed E-state index contributed by atoms with van der Waals surface area (Å²) in [4.78, 5) is 8.02. The highest BCUT2D eigenvalue weighted by atomic mass is 19.2. The van der Waals surface area contributed by atoms with E-state index < -0.39 is 17.5 Å². The van der Waals surface area contributed by atoms with Crippen LogP contribution in [0.5, 0.6) is 0 Å². The van der Waals surface area contributed by atoms with E-state index in [1.54, 1.807) is 18.2 Å². The van der Waals surface area contributed by atoms with Crippen molar-refractivity contribution in [1.82, 2.24) is 9.97 Å². The highest BCUT2D eigenvalue weighted by Gasteiger charge is 2.12. The summed E-state index contributed by atoms with van der Waals surface area (Å²) < 4.78 is 39.8. The van der Waals surface area contributed by atoms with E-state index >= 15 is 0 Å². The third-order valence-electron chi connectivity index (χ3n) is 2.92. The van der Waals surface area contributed by atoms with Crippen molar-refractivity contribution in [3.05, 3.63) is 54.1 Å². The van der Waals surface area contributed by atoms with E-state index in [9.17, 15) is 13.2 Å². The number of hydrogen-bond donors (Lipinski definition) is 2. The Balaban J connectivity index is 2.10. The van der Waals surface area contributed by atoms with Crippen molar-refractivity contribution in [2.75, 3.05) is 11.1 Å². The first-order valence-corrected chi connectivity index (χ1v) is 5.96. The molecular weight excluding hydrogens is 281 g/mol. The topological polar surface area (TPSA) is 63.8 Å². The van der Waals surface area contributed by atoms with E-state index in [1.807, 2.05) is 0 Å². The normalized spacial score (nSPS) is 10.8. The summed E-state index contributed by atoms with van der Waals surface area (Å²) in [5.74, 6) is -3.09. The van der Waals surface area contributed by atoms with Crippen LogP contribution in [0.4, 0.5) is 30.4 Å². The van der Waals surface area contributed by atoms with Gasteiger partial charge in [-0.25, -0.2) is 23.1 Å². The second-order valence-corrected chi connectivity index (χ2v) is 4.37. The molecule has 4 nitrogen and oxygen atoms in total. The molecule has 0 aliphatic carbocycles. The Bertz CT molecular complexity index is 836. The van der Waals surface area contributed by atoms with Crippen LogP contribution < -0.4 is 11.1 Å². The van der Waals surface area contributed by atoms with Gasteiger partial charge in [0.1, 0.15) is 18.0 Å². The van der Waals surface area contributed by atoms with Crippen LogP contribution in [-0.2, 0) is 0 Å². The predicted molar refractivity (Wildman–Crippen MR) is 73.5 cm³/mol. The van der Waals surface area contributed by atoms with Gasteiger partial charge in [-0.2, -0.15) is 0 Å². The minimum absolute atomic E-state index is 0.226. The van der Waals surface area contributed by atoms with Crippen LogP contribution in [0.1, 0.15) is 0 Å². The third-order valence-corrected chi connectivity index (χ3v) is 2.92. The van der Waals surface area contributed by atoms with Crippen molar-refractivity contribution in [2.45, 2.75) is 0 Å². The lowest BCUT2D eigenvalue weighted by Crippen LogP contribution is -2.00. The molecule has 0 radical (unpaired) electrons. The highest BCUT2D eigenvalue weighted by molar-refractivity contribution is 5.92. The first-order valence-electron chi connectivity index (χ1n) is 5.96. The van der Waals surface area contributed by atoms with Gasteiger partial charge in [-0.3, -0.25) is 0 Å². The quantitative estimate of drug-likeness (QED) is 0.561. The van der Waals surface area contributed by atoms with Gasteiger partial charge in [0.05, 0.1) is 11.2 Å². The number of anilines is 3. The lowest BCUT2D eigenvalue weighted by atomic mass is 10.2. The van der Waals surface area contributed by atoms with Crippen LogP contribution in [0.3, 0.4) is 0 Å². The van der Waals surface area contributed by atoms with E-state index in [1.165, 1.54) is 6.33 Å². The van der Waals surface area contributed by atoms with Gasteiger partial charge < -0.3 is 11.1 Å². The number of nitrogens with one attached hydrogen (secondary N) is 1. The Morgan fingerprint density at radius 1 is 0.905 bits per heavy atom. The summed E-state index contributed by atoms with van der Waals surface area (Å²) in [5.41, 5.74) is 6.53. The van der Waals surface area contributed by atoms with Crippen molar-refractivity contribution in [1.29, 1.82) is 0 Å². The summed E-state index contributed by atoms with van der Waals surface area (Å²) in [6.45, 7) is 0. The third kappa shape index (κ3) is 2.45. The summed E-state index contributed by atoms with van der Waals surface area (Å²) in [7, 11) is 0. The van der Waals surface area contributed by atoms with Crippen molar-refractivity contribution in [2.24, 2.45) is 0 Å². The number of halogens is 3. The van der Waals surface area contributed by atoms with Gasteiger partial charge in [0.2, 0.25) is 0 Å². The van der Waals surface area contributed by atoms with Crippen LogP contribution in [0.25, 0.3) is 10.9 Å². The first kappa shape index (κ1) is 13.2. The standard InChI is InChI=1S/C14H9F3N4/c15-9-4-11(17)13(5-10(9)16)21-14-8-3-7(18)1-2-12(8)19-6-20-14/h1-6H,18H2,(H,19,20,21). The lowest BCUT2D eigenvalue weighted by Gasteiger charge is -2.10. The van der Waals surface area contributed by atoms with E-state index in [-0.39, 0.29) is 11.5 Å². The second-order valence-electron chi connectivity index (χ2n) is 4.37. The summed E-state index contributed by atoms with van der Waals surface area (Å²) in [6, 6.07) is 6.14. The van der Waals surface area contributed by atoms with Crippen molar-refractivity contribution in [3.8, 4) is 0 Å². The highest BCUT2D eigenvalue weighted by Crippen LogP contribution is 2.27. The molecule has 1 heterocycles. The van der Waals surface area contributed by atoms with Gasteiger partial charge in [-0.05, 0) is 18.2 Å². The van der Waals surface area contributed by atoms with Crippen LogP contribution in [0.15, 0.2) is 36.7 Å². The molecule has 3 aromatic rings. The van der Waals surface area contributed by atoms with Gasteiger partial charge in [-0.1, -0.05) is 0 Å². The molecule has 0 atom stereocenters. The largest absolute Gasteiger partial charge is 0.399 e. The summed E-state index contributed by atoms with van der Waals surface area (Å²) >= 11 is 0. The molecule has 0 amide bonds. The van der Waals surface area contributed by atoms with E-state index in [0.29, 0.717) is 22.7 Å². The molecule has 0 spiro atoms. The molecule has 3 rings (SSSR count). The molecule has 2 aromatic carbocycles. The van der Waals surface area contributed by atoms with Crippen molar-refractivity contribution < 1.29 is 13.2 Å². The van der Waals surface area contributed by atoms with Gasteiger partial charge in [0.25, 0.3) is 0 Å². The zero-order valence-electron chi connectivity index (χ0n) is 10.6. The van der Waals surface area contributed by atoms with Gasteiger partial charge >= 0.3 is 0 Å². The van der Waals surface area contributed by atoms with Crippen LogP contribution >= 0.6 is 0 Å². The van der Waals surface area contributed by atoms with Gasteiger partial charge in [0, 0.05) is 23.2 Å². The number of benzene rings is 2. The van der Waals surface area contributed by atoms with Crippen LogP contribution in [0.2, 0.25) is 0 Å².